The van der Waals surface area contributed by atoms with E-state index in [1.165, 1.54) is 5.56 Å². The number of hydrogen-bond donors (Lipinski definition) is 1. The van der Waals surface area contributed by atoms with E-state index in [0.29, 0.717) is 11.8 Å². The van der Waals surface area contributed by atoms with E-state index in [0.717, 1.165) is 24.8 Å². The number of aryl methyl sites for hydroxylation is 1. The number of rotatable bonds is 7. The summed E-state index contributed by atoms with van der Waals surface area (Å²) >= 11 is 0. The van der Waals surface area contributed by atoms with Gasteiger partial charge in [-0.25, -0.2) is 10.4 Å². The Kier molecular flexibility index (Phi) is 5.93. The van der Waals surface area contributed by atoms with Crippen LogP contribution in [-0.2, 0) is 6.42 Å². The Hall–Kier alpha value is -2.61. The van der Waals surface area contributed by atoms with Crippen molar-refractivity contribution in [1.29, 1.82) is 5.26 Å². The standard InChI is InChI=1S/C18H22N4O/c1-4-13-7-9-14(10-8-13)12-20-22-18-16(11-19)21-17(23-18)15(5-2)6-3/h7-10,12,15,22H,4-6H2,1-3H3. The van der Waals surface area contributed by atoms with E-state index in [9.17, 15) is 0 Å². The monoisotopic (exact) mass is 310 g/mol. The first kappa shape index (κ1) is 16.8. The molecule has 0 fully saturated rings. The van der Waals surface area contributed by atoms with Crippen LogP contribution in [0.3, 0.4) is 0 Å². The van der Waals surface area contributed by atoms with Gasteiger partial charge in [-0.15, -0.1) is 0 Å². The number of aromatic nitrogens is 1. The molecule has 0 saturated heterocycles. The van der Waals surface area contributed by atoms with E-state index >= 15 is 0 Å². The van der Waals surface area contributed by atoms with Gasteiger partial charge in [0.15, 0.2) is 0 Å². The highest BCUT2D eigenvalue weighted by Gasteiger charge is 2.18. The number of nitrogens with zero attached hydrogens (tertiary/aromatic N) is 3. The minimum absolute atomic E-state index is 0.225. The number of nitriles is 1. The fourth-order valence-corrected chi connectivity index (χ4v) is 2.31. The van der Waals surface area contributed by atoms with Crippen LogP contribution < -0.4 is 5.43 Å². The molecule has 0 aliphatic carbocycles. The Balaban J connectivity index is 2.10. The van der Waals surface area contributed by atoms with Crippen LogP contribution in [0.15, 0.2) is 33.8 Å². The SMILES string of the molecule is CCc1ccc(C=NNc2oc(C(CC)CC)nc2C#N)cc1. The lowest BCUT2D eigenvalue weighted by Crippen LogP contribution is -1.95. The Morgan fingerprint density at radius 1 is 1.26 bits per heavy atom. The number of oxazole rings is 1. The summed E-state index contributed by atoms with van der Waals surface area (Å²) in [5.41, 5.74) is 5.29. The second-order valence-corrected chi connectivity index (χ2v) is 5.32. The Morgan fingerprint density at radius 3 is 2.52 bits per heavy atom. The van der Waals surface area contributed by atoms with Crippen LogP contribution in [0.5, 0.6) is 0 Å². The van der Waals surface area contributed by atoms with Crippen molar-refractivity contribution < 1.29 is 4.42 Å². The lowest BCUT2D eigenvalue weighted by Gasteiger charge is -2.05. The smallest absolute Gasteiger partial charge is 0.252 e. The molecule has 2 rings (SSSR count). The van der Waals surface area contributed by atoms with E-state index in [1.807, 2.05) is 18.2 Å². The fourth-order valence-electron chi connectivity index (χ4n) is 2.31. The zero-order valence-electron chi connectivity index (χ0n) is 13.8. The van der Waals surface area contributed by atoms with Crippen molar-refractivity contribution in [2.75, 3.05) is 5.43 Å². The summed E-state index contributed by atoms with van der Waals surface area (Å²) in [6.07, 6.45) is 4.56. The summed E-state index contributed by atoms with van der Waals surface area (Å²) in [6.45, 7) is 6.28. The Morgan fingerprint density at radius 2 is 1.96 bits per heavy atom. The maximum Gasteiger partial charge on any atom is 0.252 e. The molecule has 2 aromatic rings. The average molecular weight is 310 g/mol. The van der Waals surface area contributed by atoms with Crippen molar-refractivity contribution in [2.45, 2.75) is 46.0 Å². The molecule has 0 atom stereocenters. The average Bonchev–Trinajstić information content (AvgIpc) is 2.99. The molecule has 0 bridgehead atoms. The summed E-state index contributed by atoms with van der Waals surface area (Å²) in [5, 5.41) is 13.3. The number of hydrogen-bond acceptors (Lipinski definition) is 5. The first-order chi connectivity index (χ1) is 11.2. The number of nitrogens with one attached hydrogen (secondary N) is 1. The highest BCUT2D eigenvalue weighted by Crippen LogP contribution is 2.27. The zero-order chi connectivity index (χ0) is 16.7. The molecule has 1 N–H and O–H groups in total. The predicted octanol–water partition coefficient (Wildman–Crippen LogP) is 4.46. The van der Waals surface area contributed by atoms with E-state index in [-0.39, 0.29) is 11.6 Å². The van der Waals surface area contributed by atoms with Gasteiger partial charge in [-0.2, -0.15) is 10.4 Å². The quantitative estimate of drug-likeness (QED) is 0.605. The second-order valence-electron chi connectivity index (χ2n) is 5.32. The van der Waals surface area contributed by atoms with Gasteiger partial charge in [0.25, 0.3) is 5.88 Å². The van der Waals surface area contributed by atoms with Gasteiger partial charge in [-0.1, -0.05) is 45.0 Å². The van der Waals surface area contributed by atoms with Crippen molar-refractivity contribution >= 4 is 12.1 Å². The maximum atomic E-state index is 9.17. The van der Waals surface area contributed by atoms with Crippen LogP contribution in [0.1, 0.15) is 62.2 Å². The molecule has 0 unspecified atom stereocenters. The molecule has 5 nitrogen and oxygen atoms in total. The molecular formula is C18H22N4O. The lowest BCUT2D eigenvalue weighted by molar-refractivity contribution is 0.439. The summed E-state index contributed by atoms with van der Waals surface area (Å²) in [7, 11) is 0. The van der Waals surface area contributed by atoms with Gasteiger partial charge < -0.3 is 4.42 Å². The van der Waals surface area contributed by atoms with E-state index in [4.69, 9.17) is 9.68 Å². The molecule has 1 aromatic carbocycles. The van der Waals surface area contributed by atoms with Crippen LogP contribution in [0.2, 0.25) is 0 Å². The molecule has 0 saturated carbocycles. The highest BCUT2D eigenvalue weighted by atomic mass is 16.4. The lowest BCUT2D eigenvalue weighted by atomic mass is 10.0. The van der Waals surface area contributed by atoms with Crippen LogP contribution in [0.4, 0.5) is 5.88 Å². The van der Waals surface area contributed by atoms with Crippen molar-refractivity contribution in [2.24, 2.45) is 5.10 Å². The molecule has 0 amide bonds. The molecule has 0 aliphatic heterocycles. The minimum atomic E-state index is 0.225. The van der Waals surface area contributed by atoms with Gasteiger partial charge in [0.05, 0.1) is 6.21 Å². The minimum Gasteiger partial charge on any atom is -0.422 e. The molecule has 0 radical (unpaired) electrons. The summed E-state index contributed by atoms with van der Waals surface area (Å²) in [4.78, 5) is 4.25. The van der Waals surface area contributed by atoms with Crippen molar-refractivity contribution in [3.8, 4) is 6.07 Å². The first-order valence-corrected chi connectivity index (χ1v) is 8.00. The van der Waals surface area contributed by atoms with E-state index in [1.54, 1.807) is 6.21 Å². The topological polar surface area (TPSA) is 74.2 Å². The normalized spacial score (nSPS) is 11.1. The van der Waals surface area contributed by atoms with Gasteiger partial charge in [-0.3, -0.25) is 0 Å². The summed E-state index contributed by atoms with van der Waals surface area (Å²) < 4.78 is 5.67. The Bertz CT molecular complexity index is 691. The molecule has 0 spiro atoms. The molecule has 1 aromatic heterocycles. The molecule has 23 heavy (non-hydrogen) atoms. The number of benzene rings is 1. The highest BCUT2D eigenvalue weighted by molar-refractivity contribution is 5.80. The molecule has 1 heterocycles. The largest absolute Gasteiger partial charge is 0.422 e. The fraction of sp³-hybridized carbons (Fsp3) is 0.389. The van der Waals surface area contributed by atoms with Crippen molar-refractivity contribution in [3.63, 3.8) is 0 Å². The number of hydrazone groups is 1. The third-order valence-corrected chi connectivity index (χ3v) is 3.85. The van der Waals surface area contributed by atoms with Gasteiger partial charge in [0.2, 0.25) is 11.6 Å². The van der Waals surface area contributed by atoms with E-state index < -0.39 is 0 Å². The van der Waals surface area contributed by atoms with Crippen LogP contribution in [0, 0.1) is 11.3 Å². The van der Waals surface area contributed by atoms with Gasteiger partial charge in [0, 0.05) is 5.92 Å². The van der Waals surface area contributed by atoms with Gasteiger partial charge in [0.1, 0.15) is 6.07 Å². The van der Waals surface area contributed by atoms with Crippen molar-refractivity contribution in [3.05, 3.63) is 47.0 Å². The summed E-state index contributed by atoms with van der Waals surface area (Å²) in [6, 6.07) is 10.2. The van der Waals surface area contributed by atoms with E-state index in [2.05, 4.69) is 48.4 Å². The summed E-state index contributed by atoms with van der Waals surface area (Å²) in [5.74, 6) is 1.12. The second kappa shape index (κ2) is 8.14. The van der Waals surface area contributed by atoms with Crippen LogP contribution in [0.25, 0.3) is 0 Å². The molecule has 5 heteroatoms. The third kappa shape index (κ3) is 4.19. The van der Waals surface area contributed by atoms with Crippen LogP contribution >= 0.6 is 0 Å². The van der Waals surface area contributed by atoms with Crippen molar-refractivity contribution in [1.82, 2.24) is 4.98 Å². The Labute approximate surface area is 137 Å². The van der Waals surface area contributed by atoms with Gasteiger partial charge in [-0.05, 0) is 30.4 Å². The zero-order valence-corrected chi connectivity index (χ0v) is 13.8. The maximum absolute atomic E-state index is 9.17. The van der Waals surface area contributed by atoms with Gasteiger partial charge >= 0.3 is 0 Å². The van der Waals surface area contributed by atoms with Crippen LogP contribution in [-0.4, -0.2) is 11.2 Å². The predicted molar refractivity (Wildman–Crippen MR) is 91.6 cm³/mol. The molecule has 120 valence electrons. The number of anilines is 1. The molecule has 0 aliphatic rings. The third-order valence-electron chi connectivity index (χ3n) is 3.85. The first-order valence-electron chi connectivity index (χ1n) is 8.00. The molecular weight excluding hydrogens is 288 g/mol.